The van der Waals surface area contributed by atoms with Crippen LogP contribution >= 0.6 is 0 Å². The molecule has 1 aliphatic heterocycles. The van der Waals surface area contributed by atoms with Gasteiger partial charge in [-0.3, -0.25) is 24.6 Å². The van der Waals surface area contributed by atoms with Crippen LogP contribution in [0.4, 0.5) is 5.69 Å². The molecule has 1 aromatic rings. The van der Waals surface area contributed by atoms with E-state index in [-0.39, 0.29) is 35.7 Å². The molecule has 0 bridgehead atoms. The van der Waals surface area contributed by atoms with Crippen molar-refractivity contribution >= 4 is 23.5 Å². The van der Waals surface area contributed by atoms with Gasteiger partial charge in [0.2, 0.25) is 0 Å². The van der Waals surface area contributed by atoms with Gasteiger partial charge in [0.05, 0.1) is 28.1 Å². The molecule has 0 spiro atoms. The molecular weight excluding hydrogens is 263 g/mol. The largest absolute Gasteiger partial charge is 1.00 e. The first-order chi connectivity index (χ1) is 8.84. The Bertz CT molecular complexity index is 629. The van der Waals surface area contributed by atoms with Crippen molar-refractivity contribution in [1.29, 1.82) is 0 Å². The number of carboxylic acid groups (broad SMARTS) is 1. The van der Waals surface area contributed by atoms with Crippen LogP contribution in [0.25, 0.3) is 0 Å². The van der Waals surface area contributed by atoms with Crippen LogP contribution in [-0.2, 0) is 4.79 Å². The molecule has 0 saturated carbocycles. The number of imide groups is 1. The molecule has 9 heteroatoms. The fourth-order valence-electron chi connectivity index (χ4n) is 1.82. The van der Waals surface area contributed by atoms with Gasteiger partial charge >= 0.3 is 18.9 Å². The second-order valence-electron chi connectivity index (χ2n) is 3.96. The van der Waals surface area contributed by atoms with Crippen LogP contribution in [-0.4, -0.2) is 33.6 Å². The molecule has 1 heterocycles. The maximum atomic E-state index is 11.9. The standard InChI is InChI=1S/C11H8N2O6.Li/c1-5(11(16)17)12-9(14)7-3-2-6(13(18)19)4-8(7)10(12)15;/h2-5H,1H3,(H,16,17);/q;+1/p-1. The molecule has 2 rings (SSSR count). The quantitative estimate of drug-likeness (QED) is 0.241. The van der Waals surface area contributed by atoms with Crippen LogP contribution in [0.15, 0.2) is 18.2 Å². The third-order valence-corrected chi connectivity index (χ3v) is 2.84. The van der Waals surface area contributed by atoms with Gasteiger partial charge in [-0.1, -0.05) is 0 Å². The minimum atomic E-state index is -1.58. The van der Waals surface area contributed by atoms with Crippen molar-refractivity contribution < 1.29 is 43.3 Å². The number of aliphatic carboxylic acids is 1. The molecule has 20 heavy (non-hydrogen) atoms. The fraction of sp³-hybridized carbons (Fsp3) is 0.182. The summed E-state index contributed by atoms with van der Waals surface area (Å²) in [5.74, 6) is -3.25. The van der Waals surface area contributed by atoms with E-state index in [9.17, 15) is 29.6 Å². The number of carboxylic acids is 1. The van der Waals surface area contributed by atoms with Crippen LogP contribution in [0.5, 0.6) is 0 Å². The fourth-order valence-corrected chi connectivity index (χ4v) is 1.82. The SMILES string of the molecule is CC(C(=O)[O-])N1C(=O)c2ccc([N+](=O)[O-])cc2C1=O.[Li+]. The van der Waals surface area contributed by atoms with Gasteiger partial charge in [0.25, 0.3) is 17.5 Å². The van der Waals surface area contributed by atoms with E-state index in [2.05, 4.69) is 0 Å². The molecule has 0 N–H and O–H groups in total. The molecule has 1 aliphatic rings. The van der Waals surface area contributed by atoms with Crippen molar-refractivity contribution in [2.75, 3.05) is 0 Å². The Hall–Kier alpha value is -2.17. The minimum Gasteiger partial charge on any atom is -0.548 e. The molecule has 0 radical (unpaired) electrons. The van der Waals surface area contributed by atoms with Crippen LogP contribution in [0, 0.1) is 10.1 Å². The smallest absolute Gasteiger partial charge is 0.548 e. The Morgan fingerprint density at radius 3 is 2.30 bits per heavy atom. The van der Waals surface area contributed by atoms with E-state index in [4.69, 9.17) is 0 Å². The Morgan fingerprint density at radius 1 is 1.25 bits per heavy atom. The molecule has 0 fully saturated rings. The van der Waals surface area contributed by atoms with Gasteiger partial charge in [0, 0.05) is 12.1 Å². The average Bonchev–Trinajstić information content (AvgIpc) is 2.60. The molecule has 1 unspecified atom stereocenters. The number of non-ortho nitro benzene ring substituents is 1. The Morgan fingerprint density at radius 2 is 1.80 bits per heavy atom. The molecule has 8 nitrogen and oxygen atoms in total. The maximum absolute atomic E-state index is 11.9. The zero-order valence-electron chi connectivity index (χ0n) is 10.7. The molecule has 1 atom stereocenters. The first-order valence-corrected chi connectivity index (χ1v) is 5.21. The number of nitro benzene ring substituents is 1. The summed E-state index contributed by atoms with van der Waals surface area (Å²) in [6, 6.07) is 1.73. The summed E-state index contributed by atoms with van der Waals surface area (Å²) in [5.41, 5.74) is -0.571. The number of amides is 2. The number of hydrogen-bond acceptors (Lipinski definition) is 6. The predicted octanol–water partition coefficient (Wildman–Crippen LogP) is -3.67. The number of hydrogen-bond donors (Lipinski definition) is 0. The van der Waals surface area contributed by atoms with Gasteiger partial charge in [0.15, 0.2) is 0 Å². The van der Waals surface area contributed by atoms with Crippen molar-refractivity contribution in [3.05, 3.63) is 39.4 Å². The van der Waals surface area contributed by atoms with Crippen molar-refractivity contribution in [2.45, 2.75) is 13.0 Å². The first-order valence-electron chi connectivity index (χ1n) is 5.21. The summed E-state index contributed by atoms with van der Waals surface area (Å²) in [4.78, 5) is 45.0. The number of nitrogens with zero attached hydrogens (tertiary/aromatic N) is 2. The van der Waals surface area contributed by atoms with E-state index in [1.807, 2.05) is 0 Å². The number of rotatable bonds is 3. The zero-order chi connectivity index (χ0) is 14.3. The van der Waals surface area contributed by atoms with E-state index in [0.717, 1.165) is 25.1 Å². The van der Waals surface area contributed by atoms with Crippen LogP contribution in [0.2, 0.25) is 0 Å². The average molecular weight is 270 g/mol. The Balaban J connectivity index is 0.00000200. The summed E-state index contributed by atoms with van der Waals surface area (Å²) in [7, 11) is 0. The number of carbonyl (C=O) groups excluding carboxylic acids is 3. The van der Waals surface area contributed by atoms with E-state index in [0.29, 0.717) is 4.90 Å². The van der Waals surface area contributed by atoms with Crippen LogP contribution in [0.3, 0.4) is 0 Å². The first kappa shape index (κ1) is 15.9. The van der Waals surface area contributed by atoms with Gasteiger partial charge in [-0.2, -0.15) is 0 Å². The molecule has 0 aromatic heterocycles. The number of nitro groups is 1. The summed E-state index contributed by atoms with van der Waals surface area (Å²) in [6.07, 6.45) is 0. The molecule has 0 saturated heterocycles. The molecular formula is C11H7LiN2O6. The van der Waals surface area contributed by atoms with Crippen molar-refractivity contribution in [3.8, 4) is 0 Å². The third-order valence-electron chi connectivity index (χ3n) is 2.84. The Labute approximate surface area is 124 Å². The summed E-state index contributed by atoms with van der Waals surface area (Å²) in [6.45, 7) is 1.13. The van der Waals surface area contributed by atoms with Gasteiger partial charge in [-0.05, 0) is 13.0 Å². The predicted molar refractivity (Wildman–Crippen MR) is 58.1 cm³/mol. The molecule has 2 amide bonds. The summed E-state index contributed by atoms with van der Waals surface area (Å²) >= 11 is 0. The number of fused-ring (bicyclic) bond motifs is 1. The second-order valence-corrected chi connectivity index (χ2v) is 3.96. The van der Waals surface area contributed by atoms with Gasteiger partial charge < -0.3 is 9.90 Å². The van der Waals surface area contributed by atoms with E-state index in [1.54, 1.807) is 0 Å². The van der Waals surface area contributed by atoms with E-state index < -0.39 is 28.7 Å². The van der Waals surface area contributed by atoms with E-state index >= 15 is 0 Å². The molecule has 98 valence electrons. The van der Waals surface area contributed by atoms with Crippen LogP contribution in [0.1, 0.15) is 27.6 Å². The topological polar surface area (TPSA) is 121 Å². The van der Waals surface area contributed by atoms with Crippen molar-refractivity contribution in [1.82, 2.24) is 4.90 Å². The normalized spacial score (nSPS) is 14.6. The molecule has 0 aliphatic carbocycles. The van der Waals surface area contributed by atoms with Gasteiger partial charge in [-0.25, -0.2) is 0 Å². The van der Waals surface area contributed by atoms with Gasteiger partial charge in [-0.15, -0.1) is 0 Å². The van der Waals surface area contributed by atoms with Crippen LogP contribution < -0.4 is 24.0 Å². The maximum Gasteiger partial charge on any atom is 1.00 e. The van der Waals surface area contributed by atoms with Gasteiger partial charge in [0.1, 0.15) is 0 Å². The second kappa shape index (κ2) is 5.44. The third kappa shape index (κ3) is 2.31. The van der Waals surface area contributed by atoms with Crippen molar-refractivity contribution in [2.24, 2.45) is 0 Å². The minimum absolute atomic E-state index is 0. The zero-order valence-corrected chi connectivity index (χ0v) is 10.7. The monoisotopic (exact) mass is 270 g/mol. The Kier molecular flexibility index (Phi) is 4.32. The molecule has 1 aromatic carbocycles. The summed E-state index contributed by atoms with van der Waals surface area (Å²) < 4.78 is 0. The van der Waals surface area contributed by atoms with Crippen molar-refractivity contribution in [3.63, 3.8) is 0 Å². The summed E-state index contributed by atoms with van der Waals surface area (Å²) in [5, 5.41) is 21.3. The van der Waals surface area contributed by atoms with E-state index in [1.165, 1.54) is 0 Å². The number of carbonyl (C=O) groups is 3. The number of benzene rings is 1.